The molecule has 0 aromatic heterocycles. The lowest BCUT2D eigenvalue weighted by Gasteiger charge is -2.14. The lowest BCUT2D eigenvalue weighted by atomic mass is 9.97. The quantitative estimate of drug-likeness (QED) is 0.525. The Balaban J connectivity index is 4.98. The summed E-state index contributed by atoms with van der Waals surface area (Å²) >= 11 is 0. The first-order valence-electron chi connectivity index (χ1n) is 5.59. The number of nitrogens with one attached hydrogen (secondary N) is 1. The normalized spacial score (nSPS) is 13.5. The molecule has 0 unspecified atom stereocenters. The average Bonchev–Trinajstić information content (AvgIpc) is 2.22. The Morgan fingerprint density at radius 2 is 1.93 bits per heavy atom. The highest BCUT2D eigenvalue weighted by Gasteiger charge is 2.09. The topological polar surface area (TPSA) is 24.4 Å². The zero-order valence-electron chi connectivity index (χ0n) is 10.8. The maximum atomic E-state index is 4.37. The molecule has 0 saturated heterocycles. The monoisotopic (exact) mass is 208 g/mol. The van der Waals surface area contributed by atoms with Crippen molar-refractivity contribution in [3.05, 3.63) is 23.4 Å². The van der Waals surface area contributed by atoms with E-state index in [1.54, 1.807) is 0 Å². The summed E-state index contributed by atoms with van der Waals surface area (Å²) in [5, 5.41) is 3.18. The van der Waals surface area contributed by atoms with Gasteiger partial charge in [-0.05, 0) is 32.3 Å². The minimum absolute atomic E-state index is 1.04. The molecule has 1 N–H and O–H groups in total. The van der Waals surface area contributed by atoms with Gasteiger partial charge in [-0.15, -0.1) is 0 Å². The highest BCUT2D eigenvalue weighted by Crippen LogP contribution is 2.17. The summed E-state index contributed by atoms with van der Waals surface area (Å²) in [6, 6.07) is 0. The maximum Gasteiger partial charge on any atom is 0.0436 e. The largest absolute Gasteiger partial charge is 0.391 e. The fourth-order valence-electron chi connectivity index (χ4n) is 1.60. The van der Waals surface area contributed by atoms with Crippen LogP contribution < -0.4 is 5.32 Å². The number of hydrogen-bond acceptors (Lipinski definition) is 2. The summed E-state index contributed by atoms with van der Waals surface area (Å²) in [6.07, 6.45) is 3.41. The summed E-state index contributed by atoms with van der Waals surface area (Å²) in [5.41, 5.74) is 4.59. The number of allylic oxidation sites excluding steroid dienone is 3. The lowest BCUT2D eigenvalue weighted by Crippen LogP contribution is -2.13. The molecule has 0 aliphatic carbocycles. The first kappa shape index (κ1) is 13.9. The van der Waals surface area contributed by atoms with Crippen molar-refractivity contribution in [2.45, 2.75) is 40.0 Å². The van der Waals surface area contributed by atoms with Crippen LogP contribution in [0.2, 0.25) is 0 Å². The van der Waals surface area contributed by atoms with Gasteiger partial charge in [-0.25, -0.2) is 0 Å². The van der Waals surface area contributed by atoms with Gasteiger partial charge in [0, 0.05) is 31.1 Å². The van der Waals surface area contributed by atoms with Gasteiger partial charge in [-0.1, -0.05) is 19.9 Å². The van der Waals surface area contributed by atoms with Crippen LogP contribution in [0, 0.1) is 0 Å². The van der Waals surface area contributed by atoms with Gasteiger partial charge in [0.15, 0.2) is 0 Å². The first-order chi connectivity index (χ1) is 7.08. The van der Waals surface area contributed by atoms with Crippen LogP contribution in [-0.2, 0) is 0 Å². The van der Waals surface area contributed by atoms with Crippen molar-refractivity contribution in [1.82, 2.24) is 5.32 Å². The highest BCUT2D eigenvalue weighted by atomic mass is 14.8. The minimum Gasteiger partial charge on any atom is -0.391 e. The molecule has 86 valence electrons. The fraction of sp³-hybridized carbons (Fsp3) is 0.615. The Hall–Kier alpha value is -1.05. The Morgan fingerprint density at radius 3 is 2.27 bits per heavy atom. The third-order valence-electron chi connectivity index (χ3n) is 2.50. The summed E-state index contributed by atoms with van der Waals surface area (Å²) in [4.78, 5) is 4.37. The van der Waals surface area contributed by atoms with Gasteiger partial charge < -0.3 is 5.32 Å². The molecule has 0 aromatic rings. The van der Waals surface area contributed by atoms with E-state index in [0.717, 1.165) is 23.4 Å². The second-order valence-corrected chi connectivity index (χ2v) is 3.80. The molecule has 2 nitrogen and oxygen atoms in total. The van der Waals surface area contributed by atoms with Gasteiger partial charge in [0.1, 0.15) is 0 Å². The number of rotatable bonds is 6. The maximum absolute atomic E-state index is 4.37. The lowest BCUT2D eigenvalue weighted by molar-refractivity contribution is 0.831. The number of unbranched alkanes of at least 4 members (excludes halogenated alkanes) is 1. The molecule has 0 fully saturated rings. The van der Waals surface area contributed by atoms with Crippen molar-refractivity contribution in [2.75, 3.05) is 14.1 Å². The molecule has 0 aliphatic rings. The summed E-state index contributed by atoms with van der Waals surface area (Å²) < 4.78 is 0. The van der Waals surface area contributed by atoms with E-state index in [1.807, 2.05) is 21.0 Å². The van der Waals surface area contributed by atoms with E-state index in [1.165, 1.54) is 18.4 Å². The van der Waals surface area contributed by atoms with Gasteiger partial charge in [0.2, 0.25) is 0 Å². The molecular weight excluding hydrogens is 184 g/mol. The molecule has 0 radical (unpaired) electrons. The number of hydrogen-bond donors (Lipinski definition) is 1. The molecule has 0 spiro atoms. The van der Waals surface area contributed by atoms with Crippen molar-refractivity contribution < 1.29 is 0 Å². The molecule has 15 heavy (non-hydrogen) atoms. The van der Waals surface area contributed by atoms with Crippen LogP contribution in [0.3, 0.4) is 0 Å². The third-order valence-corrected chi connectivity index (χ3v) is 2.50. The van der Waals surface area contributed by atoms with Crippen LogP contribution in [0.1, 0.15) is 40.0 Å². The fourth-order valence-corrected chi connectivity index (χ4v) is 1.60. The molecule has 0 amide bonds. The minimum atomic E-state index is 1.04. The molecule has 0 bridgehead atoms. The molecule has 0 saturated carbocycles. The molecule has 0 heterocycles. The number of aliphatic imine (C=N–C) groups is 1. The summed E-state index contributed by atoms with van der Waals surface area (Å²) in [6.45, 7) is 10.3. The molecule has 0 rings (SSSR count). The van der Waals surface area contributed by atoms with Gasteiger partial charge >= 0.3 is 0 Å². The molecule has 0 atom stereocenters. The van der Waals surface area contributed by atoms with Crippen LogP contribution in [0.4, 0.5) is 0 Å². The van der Waals surface area contributed by atoms with Crippen LogP contribution in [0.15, 0.2) is 28.4 Å². The summed E-state index contributed by atoms with van der Waals surface area (Å²) in [7, 11) is 3.79. The molecular formula is C13H24N2. The van der Waals surface area contributed by atoms with Crippen molar-refractivity contribution in [3.63, 3.8) is 0 Å². The van der Waals surface area contributed by atoms with E-state index in [4.69, 9.17) is 0 Å². The van der Waals surface area contributed by atoms with Crippen LogP contribution in [0.5, 0.6) is 0 Å². The second-order valence-electron chi connectivity index (χ2n) is 3.80. The first-order valence-corrected chi connectivity index (χ1v) is 5.59. The van der Waals surface area contributed by atoms with Crippen LogP contribution >= 0.6 is 0 Å². The Kier molecular flexibility index (Phi) is 6.76. The van der Waals surface area contributed by atoms with E-state index < -0.39 is 0 Å². The Bertz CT molecular complexity index is 272. The molecule has 0 aliphatic heterocycles. The van der Waals surface area contributed by atoms with Gasteiger partial charge in [0.05, 0.1) is 0 Å². The number of nitrogens with zero attached hydrogens (tertiary/aromatic N) is 1. The predicted octanol–water partition coefficient (Wildman–Crippen LogP) is 3.32. The van der Waals surface area contributed by atoms with Crippen molar-refractivity contribution in [3.8, 4) is 0 Å². The predicted molar refractivity (Wildman–Crippen MR) is 69.5 cm³/mol. The smallest absolute Gasteiger partial charge is 0.0436 e. The van der Waals surface area contributed by atoms with Crippen molar-refractivity contribution in [1.29, 1.82) is 0 Å². The zero-order chi connectivity index (χ0) is 11.8. The van der Waals surface area contributed by atoms with Gasteiger partial charge in [-0.3, -0.25) is 4.99 Å². The molecule has 2 heteroatoms. The van der Waals surface area contributed by atoms with Crippen molar-refractivity contribution >= 4 is 5.71 Å². The Labute approximate surface area is 94.2 Å². The Morgan fingerprint density at radius 1 is 1.33 bits per heavy atom. The van der Waals surface area contributed by atoms with E-state index >= 15 is 0 Å². The SMILES string of the molecule is C=C(C)/C(C(CCCC)=NC)=C(/C)NC. The van der Waals surface area contributed by atoms with E-state index in [9.17, 15) is 0 Å². The average molecular weight is 208 g/mol. The van der Waals surface area contributed by atoms with Gasteiger partial charge in [0.25, 0.3) is 0 Å². The van der Waals surface area contributed by atoms with E-state index in [0.29, 0.717) is 0 Å². The van der Waals surface area contributed by atoms with Crippen molar-refractivity contribution in [2.24, 2.45) is 4.99 Å². The van der Waals surface area contributed by atoms with Crippen LogP contribution in [-0.4, -0.2) is 19.8 Å². The third kappa shape index (κ3) is 4.32. The van der Waals surface area contributed by atoms with E-state index in [-0.39, 0.29) is 0 Å². The molecule has 0 aromatic carbocycles. The van der Waals surface area contributed by atoms with Crippen LogP contribution in [0.25, 0.3) is 0 Å². The van der Waals surface area contributed by atoms with E-state index in [2.05, 4.69) is 30.7 Å². The second kappa shape index (κ2) is 7.27. The standard InChI is InChI=1S/C13H24N2/c1-7-8-9-12(15-6)13(10(2)3)11(4)14-5/h14H,2,7-9H2,1,3-6H3/b13-11+,15-12?. The summed E-state index contributed by atoms with van der Waals surface area (Å²) in [5.74, 6) is 0. The highest BCUT2D eigenvalue weighted by molar-refractivity contribution is 6.04. The van der Waals surface area contributed by atoms with Gasteiger partial charge in [-0.2, -0.15) is 0 Å². The zero-order valence-corrected chi connectivity index (χ0v) is 10.8.